The fourth-order valence-electron chi connectivity index (χ4n) is 1.21. The molecule has 0 aliphatic rings. The summed E-state index contributed by atoms with van der Waals surface area (Å²) in [7, 11) is 1.60. The van der Waals surface area contributed by atoms with Crippen LogP contribution < -0.4 is 5.32 Å². The van der Waals surface area contributed by atoms with Gasteiger partial charge in [0.2, 0.25) is 0 Å². The first-order valence-electron chi connectivity index (χ1n) is 4.93. The number of aliphatic hydroxyl groups is 1. The number of tetrazole rings is 1. The van der Waals surface area contributed by atoms with Crippen LogP contribution >= 0.6 is 11.3 Å². The SMILES string of the molecule is Cn1nnc(NC(=O)c2sccc2C#CCO)n1. The zero-order valence-electron chi connectivity index (χ0n) is 9.41. The lowest BCUT2D eigenvalue weighted by atomic mass is 10.2. The van der Waals surface area contributed by atoms with Gasteiger partial charge in [0.25, 0.3) is 11.9 Å². The van der Waals surface area contributed by atoms with Gasteiger partial charge in [0.05, 0.1) is 7.05 Å². The summed E-state index contributed by atoms with van der Waals surface area (Å²) in [6.07, 6.45) is 0. The third kappa shape index (κ3) is 2.71. The molecule has 92 valence electrons. The van der Waals surface area contributed by atoms with Gasteiger partial charge in [-0.25, -0.2) is 0 Å². The Hall–Kier alpha value is -2.24. The molecule has 2 rings (SSSR count). The molecule has 0 saturated carbocycles. The van der Waals surface area contributed by atoms with Gasteiger partial charge in [-0.3, -0.25) is 10.1 Å². The van der Waals surface area contributed by atoms with Crippen molar-refractivity contribution >= 4 is 23.2 Å². The number of hydrogen-bond donors (Lipinski definition) is 2. The molecule has 7 nitrogen and oxygen atoms in total. The minimum absolute atomic E-state index is 0.136. The molecule has 8 heteroatoms. The average Bonchev–Trinajstić information content (AvgIpc) is 2.95. The minimum Gasteiger partial charge on any atom is -0.384 e. The highest BCUT2D eigenvalue weighted by Gasteiger charge is 2.14. The van der Waals surface area contributed by atoms with Crippen LogP contribution in [-0.2, 0) is 7.05 Å². The number of aromatic nitrogens is 4. The minimum atomic E-state index is -0.347. The number of hydrogen-bond acceptors (Lipinski definition) is 6. The molecule has 0 radical (unpaired) electrons. The molecule has 0 unspecified atom stereocenters. The van der Waals surface area contributed by atoms with E-state index in [0.717, 1.165) is 0 Å². The van der Waals surface area contributed by atoms with Gasteiger partial charge in [-0.15, -0.1) is 16.4 Å². The van der Waals surface area contributed by atoms with Gasteiger partial charge in [0, 0.05) is 5.56 Å². The maximum atomic E-state index is 11.9. The number of carbonyl (C=O) groups excluding carboxylic acids is 1. The summed E-state index contributed by atoms with van der Waals surface area (Å²) in [5, 5.41) is 24.0. The lowest BCUT2D eigenvalue weighted by molar-refractivity contribution is 0.102. The highest BCUT2D eigenvalue weighted by Crippen LogP contribution is 2.16. The van der Waals surface area contributed by atoms with Crippen molar-refractivity contribution < 1.29 is 9.90 Å². The Morgan fingerprint density at radius 2 is 2.50 bits per heavy atom. The monoisotopic (exact) mass is 263 g/mol. The predicted octanol–water partition coefficient (Wildman–Crippen LogP) is -0.132. The molecular weight excluding hydrogens is 254 g/mol. The Morgan fingerprint density at radius 1 is 1.67 bits per heavy atom. The molecule has 2 N–H and O–H groups in total. The predicted molar refractivity (Wildman–Crippen MR) is 65.0 cm³/mol. The maximum absolute atomic E-state index is 11.9. The second-order valence-corrected chi connectivity index (χ2v) is 4.10. The van der Waals surface area contributed by atoms with Crippen molar-refractivity contribution in [2.24, 2.45) is 7.05 Å². The molecule has 0 aliphatic heterocycles. The van der Waals surface area contributed by atoms with Crippen molar-refractivity contribution in [2.45, 2.75) is 0 Å². The lowest BCUT2D eigenvalue weighted by Gasteiger charge is -1.97. The summed E-state index contributed by atoms with van der Waals surface area (Å²) < 4.78 is 0. The van der Waals surface area contributed by atoms with Crippen molar-refractivity contribution in [1.29, 1.82) is 0 Å². The second-order valence-electron chi connectivity index (χ2n) is 3.18. The Morgan fingerprint density at radius 3 is 3.17 bits per heavy atom. The van der Waals surface area contributed by atoms with Crippen molar-refractivity contribution in [3.05, 3.63) is 21.9 Å². The highest BCUT2D eigenvalue weighted by molar-refractivity contribution is 7.12. The Balaban J connectivity index is 2.16. The van der Waals surface area contributed by atoms with Crippen LogP contribution in [0.3, 0.4) is 0 Å². The fourth-order valence-corrected chi connectivity index (χ4v) is 1.96. The van der Waals surface area contributed by atoms with E-state index >= 15 is 0 Å². The van der Waals surface area contributed by atoms with Crippen LogP contribution in [0.5, 0.6) is 0 Å². The van der Waals surface area contributed by atoms with E-state index in [9.17, 15) is 4.79 Å². The average molecular weight is 263 g/mol. The number of nitrogens with one attached hydrogen (secondary N) is 1. The molecule has 2 aromatic heterocycles. The van der Waals surface area contributed by atoms with Crippen LogP contribution in [0.15, 0.2) is 11.4 Å². The summed E-state index contributed by atoms with van der Waals surface area (Å²) in [6, 6.07) is 1.71. The number of carbonyl (C=O) groups is 1. The summed E-state index contributed by atoms with van der Waals surface area (Å²) in [6.45, 7) is -0.247. The number of nitrogens with zero attached hydrogens (tertiary/aromatic N) is 4. The van der Waals surface area contributed by atoms with Crippen molar-refractivity contribution in [3.8, 4) is 11.8 Å². The van der Waals surface area contributed by atoms with Crippen LogP contribution in [0, 0.1) is 11.8 Å². The standard InChI is InChI=1S/C10H9N5O2S/c1-15-13-10(12-14-15)11-9(17)8-7(3-2-5-16)4-6-18-8/h4,6,16H,5H2,1H3,(H,11,13,17). The molecule has 0 atom stereocenters. The van der Waals surface area contributed by atoms with E-state index < -0.39 is 0 Å². The maximum Gasteiger partial charge on any atom is 0.270 e. The second kappa shape index (κ2) is 5.39. The molecule has 18 heavy (non-hydrogen) atoms. The third-order valence-corrected chi connectivity index (χ3v) is 2.82. The van der Waals surface area contributed by atoms with Crippen molar-refractivity contribution in [2.75, 3.05) is 11.9 Å². The fraction of sp³-hybridized carbons (Fsp3) is 0.200. The van der Waals surface area contributed by atoms with Crippen LogP contribution in [0.25, 0.3) is 0 Å². The molecule has 0 spiro atoms. The van der Waals surface area contributed by atoms with E-state index in [-0.39, 0.29) is 18.5 Å². The van der Waals surface area contributed by atoms with Crippen LogP contribution in [-0.4, -0.2) is 37.8 Å². The highest BCUT2D eigenvalue weighted by atomic mass is 32.1. The Kier molecular flexibility index (Phi) is 3.66. The molecule has 0 aromatic carbocycles. The van der Waals surface area contributed by atoms with Crippen LogP contribution in [0.2, 0.25) is 0 Å². The van der Waals surface area contributed by atoms with Gasteiger partial charge in [-0.1, -0.05) is 16.9 Å². The quantitative estimate of drug-likeness (QED) is 0.736. The largest absolute Gasteiger partial charge is 0.384 e. The molecule has 1 amide bonds. The van der Waals surface area contributed by atoms with Gasteiger partial charge in [-0.05, 0) is 16.7 Å². The summed E-state index contributed by atoms with van der Waals surface area (Å²) in [4.78, 5) is 13.6. The smallest absolute Gasteiger partial charge is 0.270 e. The zero-order chi connectivity index (χ0) is 13.0. The van der Waals surface area contributed by atoms with Gasteiger partial charge in [0.15, 0.2) is 0 Å². The van der Waals surface area contributed by atoms with E-state index in [1.165, 1.54) is 16.1 Å². The molecule has 0 fully saturated rings. The summed E-state index contributed by atoms with van der Waals surface area (Å²) >= 11 is 1.26. The van der Waals surface area contributed by atoms with Crippen molar-refractivity contribution in [3.63, 3.8) is 0 Å². The molecule has 0 saturated heterocycles. The van der Waals surface area contributed by atoms with Crippen molar-refractivity contribution in [1.82, 2.24) is 20.2 Å². The molecular formula is C10H9N5O2S. The van der Waals surface area contributed by atoms with Gasteiger partial charge in [-0.2, -0.15) is 4.80 Å². The number of aliphatic hydroxyl groups excluding tert-OH is 1. The molecule has 0 aliphatic carbocycles. The Labute approximate surface area is 106 Å². The first-order valence-corrected chi connectivity index (χ1v) is 5.81. The summed E-state index contributed by atoms with van der Waals surface area (Å²) in [5.41, 5.74) is 0.565. The normalized spacial score (nSPS) is 9.67. The van der Waals surface area contributed by atoms with Gasteiger partial charge >= 0.3 is 0 Å². The first kappa shape index (κ1) is 12.2. The number of amides is 1. The third-order valence-electron chi connectivity index (χ3n) is 1.91. The van der Waals surface area contributed by atoms with E-state index in [1.807, 2.05) is 0 Å². The number of thiophene rings is 1. The van der Waals surface area contributed by atoms with Gasteiger partial charge < -0.3 is 5.11 Å². The van der Waals surface area contributed by atoms with Gasteiger partial charge in [0.1, 0.15) is 11.5 Å². The Bertz CT molecular complexity index is 621. The van der Waals surface area contributed by atoms with Crippen LogP contribution in [0.1, 0.15) is 15.2 Å². The molecule has 2 heterocycles. The zero-order valence-corrected chi connectivity index (χ0v) is 10.2. The molecule has 0 bridgehead atoms. The topological polar surface area (TPSA) is 92.9 Å². The van der Waals surface area contributed by atoms with E-state index in [1.54, 1.807) is 18.5 Å². The number of aryl methyl sites for hydroxylation is 1. The van der Waals surface area contributed by atoms with Crippen LogP contribution in [0.4, 0.5) is 5.95 Å². The van der Waals surface area contributed by atoms with E-state index in [4.69, 9.17) is 5.11 Å². The lowest BCUT2D eigenvalue weighted by Crippen LogP contribution is -2.13. The van der Waals surface area contributed by atoms with E-state index in [0.29, 0.717) is 10.4 Å². The first-order chi connectivity index (χ1) is 8.70. The number of rotatable bonds is 2. The summed E-state index contributed by atoms with van der Waals surface area (Å²) in [5.74, 6) is 4.99. The number of anilines is 1. The molecule has 2 aromatic rings. The van der Waals surface area contributed by atoms with E-state index in [2.05, 4.69) is 32.6 Å².